The van der Waals surface area contributed by atoms with E-state index < -0.39 is 48.2 Å². The first-order chi connectivity index (χ1) is 17.0. The summed E-state index contributed by atoms with van der Waals surface area (Å²) in [6.45, 7) is 0. The molecule has 0 aliphatic rings. The molecule has 1 atom stereocenters. The maximum absolute atomic E-state index is 11.8. The second kappa shape index (κ2) is 10.5. The van der Waals surface area contributed by atoms with Crippen molar-refractivity contribution >= 4 is 28.7 Å². The van der Waals surface area contributed by atoms with Crippen LogP contribution in [-0.2, 0) is 0 Å². The first-order valence-electron chi connectivity index (χ1n) is 9.59. The molecule has 0 heterocycles. The van der Waals surface area contributed by atoms with Gasteiger partial charge in [0.05, 0.1) is 37.9 Å². The molecule has 36 heavy (non-hydrogen) atoms. The molecule has 0 amide bonds. The van der Waals surface area contributed by atoms with Crippen molar-refractivity contribution in [2.75, 3.05) is 0 Å². The van der Waals surface area contributed by atoms with Gasteiger partial charge in [0.15, 0.2) is 0 Å². The summed E-state index contributed by atoms with van der Waals surface area (Å²) in [6, 6.07) is 13.2. The minimum atomic E-state index is -2.97. The molecule has 0 aromatic heterocycles. The van der Waals surface area contributed by atoms with E-state index in [2.05, 4.69) is 0 Å². The highest BCUT2D eigenvalue weighted by atomic mass is 35.5. The number of halogens is 1. The summed E-state index contributed by atoms with van der Waals surface area (Å²) in [5.74, 6) is -4.07. The Morgan fingerprint density at radius 1 is 0.611 bits per heavy atom. The Balaban J connectivity index is 2.17. The highest BCUT2D eigenvalue weighted by molar-refractivity contribution is 6.20. The van der Waals surface area contributed by atoms with Crippen LogP contribution in [0, 0.1) is 40.5 Å². The minimum absolute atomic E-state index is 0.368. The van der Waals surface area contributed by atoms with Crippen LogP contribution in [0.3, 0.4) is 0 Å². The number of alkyl halides is 1. The van der Waals surface area contributed by atoms with E-state index in [1.165, 1.54) is 36.4 Å². The number of rotatable bonds is 11. The van der Waals surface area contributed by atoms with Gasteiger partial charge in [0.1, 0.15) is 17.2 Å². The summed E-state index contributed by atoms with van der Waals surface area (Å²) in [5, 5.41) is 45.3. The third-order valence-electron chi connectivity index (χ3n) is 4.34. The van der Waals surface area contributed by atoms with Crippen molar-refractivity contribution in [1.29, 1.82) is 0 Å². The molecule has 0 saturated heterocycles. The standard InChI is InChI=1S/C20H13ClN4O11/c21-19(25(32)33)20(34-16-7-1-4-13(10-16)22(26)27,35-17-8-2-5-14(11-17)23(28)29)36-18-9-3-6-15(12-18)24(30)31/h1-12,19H. The lowest BCUT2D eigenvalue weighted by atomic mass is 10.3. The normalized spacial score (nSPS) is 11.7. The van der Waals surface area contributed by atoms with Gasteiger partial charge in [0, 0.05) is 18.2 Å². The zero-order chi connectivity index (χ0) is 26.5. The second-order valence-electron chi connectivity index (χ2n) is 6.79. The molecule has 3 aromatic carbocycles. The van der Waals surface area contributed by atoms with Gasteiger partial charge in [0.25, 0.3) is 17.1 Å². The maximum Gasteiger partial charge on any atom is 0.506 e. The van der Waals surface area contributed by atoms with E-state index in [4.69, 9.17) is 25.8 Å². The number of hydrogen-bond acceptors (Lipinski definition) is 11. The minimum Gasteiger partial charge on any atom is -0.414 e. The van der Waals surface area contributed by atoms with E-state index in [1.54, 1.807) is 0 Å². The van der Waals surface area contributed by atoms with Crippen molar-refractivity contribution in [3.63, 3.8) is 0 Å². The zero-order valence-electron chi connectivity index (χ0n) is 17.7. The predicted molar refractivity (Wildman–Crippen MR) is 121 cm³/mol. The van der Waals surface area contributed by atoms with Gasteiger partial charge in [-0.1, -0.05) is 18.2 Å². The number of ether oxygens (including phenoxy) is 3. The smallest absolute Gasteiger partial charge is 0.414 e. The molecule has 0 aliphatic heterocycles. The van der Waals surface area contributed by atoms with Crippen LogP contribution in [0.15, 0.2) is 72.8 Å². The Hall–Kier alpha value is -5.05. The molecular formula is C20H13ClN4O11. The average molecular weight is 521 g/mol. The van der Waals surface area contributed by atoms with Crippen molar-refractivity contribution in [3.8, 4) is 17.2 Å². The fourth-order valence-electron chi connectivity index (χ4n) is 2.81. The highest BCUT2D eigenvalue weighted by Gasteiger charge is 2.56. The Kier molecular flexibility index (Phi) is 7.44. The molecule has 0 aliphatic carbocycles. The van der Waals surface area contributed by atoms with Gasteiger partial charge in [0.2, 0.25) is 0 Å². The molecule has 0 radical (unpaired) electrons. The van der Waals surface area contributed by atoms with Crippen LogP contribution in [-0.4, -0.2) is 31.2 Å². The molecule has 0 spiro atoms. The van der Waals surface area contributed by atoms with Gasteiger partial charge >= 0.3 is 11.5 Å². The van der Waals surface area contributed by atoms with Crippen LogP contribution in [0.5, 0.6) is 17.2 Å². The zero-order valence-corrected chi connectivity index (χ0v) is 18.4. The summed E-state index contributed by atoms with van der Waals surface area (Å²) >= 11 is 6.02. The van der Waals surface area contributed by atoms with Gasteiger partial charge in [-0.2, -0.15) is 0 Å². The quantitative estimate of drug-likeness (QED) is 0.114. The summed E-state index contributed by atoms with van der Waals surface area (Å²) in [5.41, 5.74) is -3.78. The Labute approximate surface area is 205 Å². The van der Waals surface area contributed by atoms with Gasteiger partial charge in [-0.25, -0.2) is 0 Å². The molecule has 16 heteroatoms. The van der Waals surface area contributed by atoms with Crippen molar-refractivity contribution in [3.05, 3.63) is 113 Å². The summed E-state index contributed by atoms with van der Waals surface area (Å²) in [6.07, 6.45) is 0. The largest absolute Gasteiger partial charge is 0.506 e. The molecule has 0 N–H and O–H groups in total. The number of nitro benzene ring substituents is 3. The molecule has 3 aromatic rings. The third-order valence-corrected chi connectivity index (χ3v) is 4.77. The lowest BCUT2D eigenvalue weighted by molar-refractivity contribution is -0.550. The Morgan fingerprint density at radius 3 is 1.17 bits per heavy atom. The van der Waals surface area contributed by atoms with Crippen molar-refractivity contribution in [2.24, 2.45) is 0 Å². The van der Waals surface area contributed by atoms with Crippen molar-refractivity contribution < 1.29 is 33.9 Å². The summed E-state index contributed by atoms with van der Waals surface area (Å²) < 4.78 is 16.7. The fourth-order valence-corrected chi connectivity index (χ4v) is 2.95. The topological polar surface area (TPSA) is 200 Å². The Bertz CT molecular complexity index is 1190. The molecule has 1 unspecified atom stereocenters. The van der Waals surface area contributed by atoms with E-state index in [9.17, 15) is 40.5 Å². The van der Waals surface area contributed by atoms with Crippen LogP contribution in [0.1, 0.15) is 0 Å². The van der Waals surface area contributed by atoms with Gasteiger partial charge in [-0.15, -0.1) is 0 Å². The van der Waals surface area contributed by atoms with E-state index in [0.29, 0.717) is 0 Å². The third kappa shape index (κ3) is 5.89. The first-order valence-corrected chi connectivity index (χ1v) is 10.0. The number of nitrogens with zero attached hydrogens (tertiary/aromatic N) is 4. The van der Waals surface area contributed by atoms with Crippen molar-refractivity contribution in [1.82, 2.24) is 0 Å². The number of nitro groups is 4. The second-order valence-corrected chi connectivity index (χ2v) is 7.21. The number of hydrogen-bond donors (Lipinski definition) is 0. The Morgan fingerprint density at radius 2 is 0.917 bits per heavy atom. The SMILES string of the molecule is O=[N+]([O-])c1cccc(OC(Oc2cccc([N+](=O)[O-])c2)(Oc2cccc([N+](=O)[O-])c2)C(Cl)[N+](=O)[O-])c1. The van der Waals surface area contributed by atoms with Crippen LogP contribution in [0.4, 0.5) is 17.1 Å². The molecule has 0 fully saturated rings. The van der Waals surface area contributed by atoms with Gasteiger partial charge in [-0.3, -0.25) is 40.5 Å². The monoisotopic (exact) mass is 520 g/mol. The molecule has 0 bridgehead atoms. The number of non-ortho nitro benzene ring substituents is 3. The van der Waals surface area contributed by atoms with E-state index in [-0.39, 0.29) is 17.2 Å². The van der Waals surface area contributed by atoms with Gasteiger partial charge < -0.3 is 14.2 Å². The molecule has 186 valence electrons. The molecule has 3 rings (SSSR count). The molecule has 15 nitrogen and oxygen atoms in total. The van der Waals surface area contributed by atoms with Gasteiger partial charge in [-0.05, 0) is 29.8 Å². The maximum atomic E-state index is 11.8. The summed E-state index contributed by atoms with van der Waals surface area (Å²) in [4.78, 5) is 41.9. The van der Waals surface area contributed by atoms with Crippen LogP contribution >= 0.6 is 11.6 Å². The van der Waals surface area contributed by atoms with Crippen LogP contribution < -0.4 is 14.2 Å². The number of benzene rings is 3. The lowest BCUT2D eigenvalue weighted by Crippen LogP contribution is -2.58. The van der Waals surface area contributed by atoms with E-state index in [0.717, 1.165) is 36.4 Å². The lowest BCUT2D eigenvalue weighted by Gasteiger charge is -2.32. The van der Waals surface area contributed by atoms with Crippen molar-refractivity contribution in [2.45, 2.75) is 11.5 Å². The highest BCUT2D eigenvalue weighted by Crippen LogP contribution is 2.35. The first kappa shape index (κ1) is 25.6. The van der Waals surface area contributed by atoms with Crippen LogP contribution in [0.25, 0.3) is 0 Å². The molecule has 0 saturated carbocycles. The molecular weight excluding hydrogens is 508 g/mol. The predicted octanol–water partition coefficient (Wildman–Crippen LogP) is 4.44. The van der Waals surface area contributed by atoms with E-state index in [1.807, 2.05) is 0 Å². The average Bonchev–Trinajstić information content (AvgIpc) is 2.83. The van der Waals surface area contributed by atoms with E-state index >= 15 is 0 Å². The van der Waals surface area contributed by atoms with Crippen LogP contribution in [0.2, 0.25) is 0 Å². The summed E-state index contributed by atoms with van der Waals surface area (Å²) in [7, 11) is 0. The fraction of sp³-hybridized carbons (Fsp3) is 0.100.